The van der Waals surface area contributed by atoms with Crippen molar-refractivity contribution in [3.63, 3.8) is 0 Å². The highest BCUT2D eigenvalue weighted by Gasteiger charge is 2.08. The molecule has 0 atom stereocenters. The number of ether oxygens (including phenoxy) is 1. The average molecular weight is 389 g/mol. The van der Waals surface area contributed by atoms with Crippen LogP contribution in [0, 0.1) is 17.0 Å². The molecule has 29 heavy (non-hydrogen) atoms. The van der Waals surface area contributed by atoms with E-state index in [4.69, 9.17) is 4.74 Å². The zero-order valence-corrected chi connectivity index (χ0v) is 15.7. The van der Waals surface area contributed by atoms with Crippen LogP contribution in [-0.2, 0) is 6.61 Å². The standard InChI is InChI=1S/C22H19N3O4/c1-16-3-2-4-18(13-16)15-29-21-11-5-17(6-12-21)14-23-24-22(26)19-7-9-20(10-8-19)25(27)28/h2-14H,15H2,1H3,(H,24,26). The van der Waals surface area contributed by atoms with Crippen LogP contribution in [0.1, 0.15) is 27.0 Å². The van der Waals surface area contributed by atoms with Gasteiger partial charge in [-0.3, -0.25) is 14.9 Å². The summed E-state index contributed by atoms with van der Waals surface area (Å²) in [6.45, 7) is 2.53. The molecular weight excluding hydrogens is 370 g/mol. The summed E-state index contributed by atoms with van der Waals surface area (Å²) < 4.78 is 5.77. The minimum Gasteiger partial charge on any atom is -0.489 e. The highest BCUT2D eigenvalue weighted by atomic mass is 16.6. The van der Waals surface area contributed by atoms with Gasteiger partial charge in [0, 0.05) is 17.7 Å². The second-order valence-electron chi connectivity index (χ2n) is 6.35. The fourth-order valence-corrected chi connectivity index (χ4v) is 2.58. The normalized spacial score (nSPS) is 10.7. The summed E-state index contributed by atoms with van der Waals surface area (Å²) in [5.41, 5.74) is 5.68. The van der Waals surface area contributed by atoms with Gasteiger partial charge in [0.25, 0.3) is 11.6 Å². The maximum atomic E-state index is 12.0. The smallest absolute Gasteiger partial charge is 0.271 e. The Kier molecular flexibility index (Phi) is 6.32. The number of amides is 1. The molecule has 0 aliphatic carbocycles. The van der Waals surface area contributed by atoms with E-state index in [0.717, 1.165) is 16.9 Å². The Hall–Kier alpha value is -4.00. The molecule has 0 aliphatic rings. The number of nitro groups is 1. The van der Waals surface area contributed by atoms with Crippen molar-refractivity contribution in [1.82, 2.24) is 5.43 Å². The SMILES string of the molecule is Cc1cccc(COc2ccc(C=NNC(=O)c3ccc([N+](=O)[O-])cc3)cc2)c1. The van der Waals surface area contributed by atoms with E-state index in [9.17, 15) is 14.9 Å². The Labute approximate surface area is 167 Å². The number of rotatable bonds is 7. The van der Waals surface area contributed by atoms with Crippen LogP contribution in [0.25, 0.3) is 0 Å². The molecule has 146 valence electrons. The van der Waals surface area contributed by atoms with Gasteiger partial charge in [-0.2, -0.15) is 5.10 Å². The van der Waals surface area contributed by atoms with E-state index in [1.54, 1.807) is 0 Å². The molecule has 3 rings (SSSR count). The van der Waals surface area contributed by atoms with Crippen LogP contribution in [-0.4, -0.2) is 17.0 Å². The van der Waals surface area contributed by atoms with Crippen LogP contribution in [0.3, 0.4) is 0 Å². The molecule has 0 bridgehead atoms. The second-order valence-corrected chi connectivity index (χ2v) is 6.35. The Bertz CT molecular complexity index is 1030. The number of nitrogens with zero attached hydrogens (tertiary/aromatic N) is 2. The first kappa shape index (κ1) is 19.8. The molecule has 0 aliphatic heterocycles. The van der Waals surface area contributed by atoms with Gasteiger partial charge < -0.3 is 4.74 Å². The lowest BCUT2D eigenvalue weighted by atomic mass is 10.1. The van der Waals surface area contributed by atoms with E-state index < -0.39 is 10.8 Å². The number of non-ortho nitro benzene ring substituents is 1. The zero-order chi connectivity index (χ0) is 20.6. The number of aryl methyl sites for hydroxylation is 1. The van der Waals surface area contributed by atoms with Crippen molar-refractivity contribution < 1.29 is 14.5 Å². The van der Waals surface area contributed by atoms with Crippen LogP contribution >= 0.6 is 0 Å². The first-order chi connectivity index (χ1) is 14.0. The molecule has 1 amide bonds. The Morgan fingerprint density at radius 3 is 2.48 bits per heavy atom. The molecule has 0 fully saturated rings. The lowest BCUT2D eigenvalue weighted by Gasteiger charge is -2.07. The number of hydrazone groups is 1. The molecule has 0 heterocycles. The van der Waals surface area contributed by atoms with Gasteiger partial charge in [0.1, 0.15) is 12.4 Å². The highest BCUT2D eigenvalue weighted by Crippen LogP contribution is 2.14. The Balaban J connectivity index is 1.51. The molecule has 0 radical (unpaired) electrons. The van der Waals surface area contributed by atoms with E-state index in [-0.39, 0.29) is 11.3 Å². The number of hydrogen-bond donors (Lipinski definition) is 1. The lowest BCUT2D eigenvalue weighted by molar-refractivity contribution is -0.384. The predicted octanol–water partition coefficient (Wildman–Crippen LogP) is 4.25. The zero-order valence-electron chi connectivity index (χ0n) is 15.7. The number of nitro benzene ring substituents is 1. The summed E-state index contributed by atoms with van der Waals surface area (Å²) >= 11 is 0. The molecular formula is C22H19N3O4. The van der Waals surface area contributed by atoms with Gasteiger partial charge in [-0.25, -0.2) is 5.43 Å². The van der Waals surface area contributed by atoms with E-state index in [1.165, 1.54) is 36.0 Å². The third-order valence-electron chi connectivity index (χ3n) is 4.09. The Morgan fingerprint density at radius 2 is 1.83 bits per heavy atom. The number of benzene rings is 3. The summed E-state index contributed by atoms with van der Waals surface area (Å²) in [5, 5.41) is 14.5. The van der Waals surface area contributed by atoms with Crippen LogP contribution in [0.15, 0.2) is 77.9 Å². The van der Waals surface area contributed by atoms with Crippen molar-refractivity contribution in [2.45, 2.75) is 13.5 Å². The number of hydrogen-bond acceptors (Lipinski definition) is 5. The molecule has 7 heteroatoms. The van der Waals surface area contributed by atoms with Crippen molar-refractivity contribution in [3.05, 3.63) is 105 Å². The maximum Gasteiger partial charge on any atom is 0.271 e. The third kappa shape index (κ3) is 5.74. The van der Waals surface area contributed by atoms with Gasteiger partial charge in [-0.1, -0.05) is 29.8 Å². The number of carbonyl (C=O) groups is 1. The van der Waals surface area contributed by atoms with Crippen LogP contribution in [0.5, 0.6) is 5.75 Å². The Morgan fingerprint density at radius 1 is 1.10 bits per heavy atom. The van der Waals surface area contributed by atoms with Gasteiger partial charge >= 0.3 is 0 Å². The molecule has 3 aromatic rings. The lowest BCUT2D eigenvalue weighted by Crippen LogP contribution is -2.17. The van der Waals surface area contributed by atoms with E-state index in [2.05, 4.69) is 16.6 Å². The largest absolute Gasteiger partial charge is 0.489 e. The molecule has 1 N–H and O–H groups in total. The van der Waals surface area contributed by atoms with Gasteiger partial charge in [0.2, 0.25) is 0 Å². The molecule has 0 saturated heterocycles. The summed E-state index contributed by atoms with van der Waals surface area (Å²) in [7, 11) is 0. The van der Waals surface area contributed by atoms with Crippen molar-refractivity contribution >= 4 is 17.8 Å². The molecule has 0 saturated carbocycles. The molecule has 0 unspecified atom stereocenters. The topological polar surface area (TPSA) is 93.8 Å². The van der Waals surface area contributed by atoms with Crippen molar-refractivity contribution in [2.24, 2.45) is 5.10 Å². The first-order valence-electron chi connectivity index (χ1n) is 8.87. The maximum absolute atomic E-state index is 12.0. The fourth-order valence-electron chi connectivity index (χ4n) is 2.58. The van der Waals surface area contributed by atoms with Crippen LogP contribution < -0.4 is 10.2 Å². The summed E-state index contributed by atoms with van der Waals surface area (Å²) in [5.74, 6) is 0.285. The molecule has 0 aromatic heterocycles. The summed E-state index contributed by atoms with van der Waals surface area (Å²) in [6.07, 6.45) is 1.51. The first-order valence-corrected chi connectivity index (χ1v) is 8.87. The van der Waals surface area contributed by atoms with Gasteiger partial charge in [-0.05, 0) is 54.4 Å². The van der Waals surface area contributed by atoms with Crippen molar-refractivity contribution in [2.75, 3.05) is 0 Å². The molecule has 7 nitrogen and oxygen atoms in total. The monoisotopic (exact) mass is 389 g/mol. The van der Waals surface area contributed by atoms with E-state index in [1.807, 2.05) is 49.4 Å². The van der Waals surface area contributed by atoms with Crippen molar-refractivity contribution in [1.29, 1.82) is 0 Å². The van der Waals surface area contributed by atoms with E-state index in [0.29, 0.717) is 6.61 Å². The van der Waals surface area contributed by atoms with Crippen LogP contribution in [0.2, 0.25) is 0 Å². The van der Waals surface area contributed by atoms with Crippen LogP contribution in [0.4, 0.5) is 5.69 Å². The highest BCUT2D eigenvalue weighted by molar-refractivity contribution is 5.95. The van der Waals surface area contributed by atoms with Gasteiger partial charge in [-0.15, -0.1) is 0 Å². The minimum absolute atomic E-state index is 0.0743. The minimum atomic E-state index is -0.520. The van der Waals surface area contributed by atoms with Crippen molar-refractivity contribution in [3.8, 4) is 5.75 Å². The molecule has 3 aromatic carbocycles. The molecule has 0 spiro atoms. The predicted molar refractivity (Wildman–Crippen MR) is 110 cm³/mol. The summed E-state index contributed by atoms with van der Waals surface area (Å²) in [6, 6.07) is 20.7. The third-order valence-corrected chi connectivity index (χ3v) is 4.09. The van der Waals surface area contributed by atoms with Gasteiger partial charge in [0.15, 0.2) is 0 Å². The second kappa shape index (κ2) is 9.27. The van der Waals surface area contributed by atoms with E-state index >= 15 is 0 Å². The quantitative estimate of drug-likeness (QED) is 0.371. The number of carbonyl (C=O) groups excluding carboxylic acids is 1. The number of nitrogens with one attached hydrogen (secondary N) is 1. The van der Waals surface area contributed by atoms with Gasteiger partial charge in [0.05, 0.1) is 11.1 Å². The summed E-state index contributed by atoms with van der Waals surface area (Å²) in [4.78, 5) is 22.1. The average Bonchev–Trinajstić information content (AvgIpc) is 2.73. The fraction of sp³-hybridized carbons (Fsp3) is 0.0909.